The molecular formula is C25H34N2O3. The van der Waals surface area contributed by atoms with Crippen LogP contribution in [-0.4, -0.2) is 34.9 Å². The van der Waals surface area contributed by atoms with Crippen molar-refractivity contribution in [2.24, 2.45) is 0 Å². The molecule has 0 heterocycles. The van der Waals surface area contributed by atoms with Gasteiger partial charge in [-0.05, 0) is 56.9 Å². The summed E-state index contributed by atoms with van der Waals surface area (Å²) >= 11 is 0. The van der Waals surface area contributed by atoms with Crippen molar-refractivity contribution in [3.05, 3.63) is 65.7 Å². The molecule has 0 aromatic heterocycles. The predicted octanol–water partition coefficient (Wildman–Crippen LogP) is 4.52. The molecule has 1 atom stereocenters. The molecule has 0 aliphatic rings. The first-order valence-electron chi connectivity index (χ1n) is 10.4. The lowest BCUT2D eigenvalue weighted by Gasteiger charge is -2.31. The minimum Gasteiger partial charge on any atom is -0.484 e. The molecule has 2 rings (SSSR count). The SMILES string of the molecule is CC(C)c1ccc(OCC(=O)N(Cc2ccccc2)C(C)C(=O)NC(C)(C)C)cc1. The van der Waals surface area contributed by atoms with Crippen molar-refractivity contribution in [3.8, 4) is 5.75 Å². The van der Waals surface area contributed by atoms with Crippen molar-refractivity contribution in [2.45, 2.75) is 65.6 Å². The molecule has 0 saturated carbocycles. The Morgan fingerprint density at radius 2 is 1.57 bits per heavy atom. The van der Waals surface area contributed by atoms with Crippen LogP contribution in [0, 0.1) is 0 Å². The molecule has 0 bridgehead atoms. The molecule has 1 N–H and O–H groups in total. The third-order valence-electron chi connectivity index (χ3n) is 4.77. The molecule has 2 aromatic carbocycles. The van der Waals surface area contributed by atoms with Crippen LogP contribution in [0.4, 0.5) is 0 Å². The Morgan fingerprint density at radius 1 is 0.967 bits per heavy atom. The van der Waals surface area contributed by atoms with Gasteiger partial charge in [-0.15, -0.1) is 0 Å². The zero-order valence-corrected chi connectivity index (χ0v) is 18.9. The fraction of sp³-hybridized carbons (Fsp3) is 0.440. The number of carbonyl (C=O) groups is 2. The minimum absolute atomic E-state index is 0.124. The van der Waals surface area contributed by atoms with Gasteiger partial charge in [-0.25, -0.2) is 0 Å². The first-order valence-corrected chi connectivity index (χ1v) is 10.4. The summed E-state index contributed by atoms with van der Waals surface area (Å²) in [6.45, 7) is 12.0. The lowest BCUT2D eigenvalue weighted by atomic mass is 10.0. The lowest BCUT2D eigenvalue weighted by Crippen LogP contribution is -2.53. The van der Waals surface area contributed by atoms with Gasteiger partial charge in [0.05, 0.1) is 0 Å². The molecule has 5 nitrogen and oxygen atoms in total. The molecule has 162 valence electrons. The molecule has 1 unspecified atom stereocenters. The van der Waals surface area contributed by atoms with Crippen LogP contribution >= 0.6 is 0 Å². The highest BCUT2D eigenvalue weighted by Crippen LogP contribution is 2.19. The highest BCUT2D eigenvalue weighted by molar-refractivity contribution is 5.88. The number of hydrogen-bond donors (Lipinski definition) is 1. The van der Waals surface area contributed by atoms with E-state index in [1.807, 2.05) is 75.4 Å². The second-order valence-electron chi connectivity index (χ2n) is 8.93. The van der Waals surface area contributed by atoms with Gasteiger partial charge in [0.25, 0.3) is 5.91 Å². The van der Waals surface area contributed by atoms with Gasteiger partial charge in [-0.1, -0.05) is 56.3 Å². The standard InChI is InChI=1S/C25H34N2O3/c1-18(2)21-12-14-22(15-13-21)30-17-23(28)27(16-20-10-8-7-9-11-20)19(3)24(29)26-25(4,5)6/h7-15,18-19H,16-17H2,1-6H3,(H,26,29). The summed E-state index contributed by atoms with van der Waals surface area (Å²) in [5.41, 5.74) is 1.80. The van der Waals surface area contributed by atoms with Crippen LogP contribution in [0.2, 0.25) is 0 Å². The van der Waals surface area contributed by atoms with E-state index in [9.17, 15) is 9.59 Å². The number of ether oxygens (including phenoxy) is 1. The van der Waals surface area contributed by atoms with Crippen molar-refractivity contribution < 1.29 is 14.3 Å². The molecule has 0 fully saturated rings. The van der Waals surface area contributed by atoms with E-state index in [0.717, 1.165) is 5.56 Å². The minimum atomic E-state index is -0.621. The fourth-order valence-electron chi connectivity index (χ4n) is 3.01. The number of benzene rings is 2. The average molecular weight is 411 g/mol. The van der Waals surface area contributed by atoms with Gasteiger partial charge in [0.1, 0.15) is 11.8 Å². The molecule has 0 saturated heterocycles. The second kappa shape index (κ2) is 10.3. The van der Waals surface area contributed by atoms with Gasteiger partial charge in [0.2, 0.25) is 5.91 Å². The van der Waals surface area contributed by atoms with Crippen LogP contribution in [0.3, 0.4) is 0 Å². The third-order valence-corrected chi connectivity index (χ3v) is 4.77. The van der Waals surface area contributed by atoms with E-state index < -0.39 is 6.04 Å². The molecule has 0 aliphatic heterocycles. The largest absolute Gasteiger partial charge is 0.484 e. The molecule has 2 aromatic rings. The van der Waals surface area contributed by atoms with Gasteiger partial charge in [-0.2, -0.15) is 0 Å². The van der Waals surface area contributed by atoms with Crippen LogP contribution in [0.25, 0.3) is 0 Å². The maximum atomic E-state index is 13.0. The first kappa shape index (κ1) is 23.5. The van der Waals surface area contributed by atoms with E-state index in [2.05, 4.69) is 19.2 Å². The maximum absolute atomic E-state index is 13.0. The second-order valence-corrected chi connectivity index (χ2v) is 8.93. The van der Waals surface area contributed by atoms with E-state index in [1.165, 1.54) is 5.56 Å². The molecule has 0 spiro atoms. The topological polar surface area (TPSA) is 58.6 Å². The van der Waals surface area contributed by atoms with Crippen LogP contribution in [0.15, 0.2) is 54.6 Å². The first-order chi connectivity index (χ1) is 14.1. The summed E-state index contributed by atoms with van der Waals surface area (Å²) in [6, 6.07) is 16.8. The van der Waals surface area contributed by atoms with Gasteiger partial charge in [0, 0.05) is 12.1 Å². The molecule has 2 amide bonds. The van der Waals surface area contributed by atoms with E-state index in [1.54, 1.807) is 11.8 Å². The monoisotopic (exact) mass is 410 g/mol. The van der Waals surface area contributed by atoms with Crippen molar-refractivity contribution in [2.75, 3.05) is 6.61 Å². The highest BCUT2D eigenvalue weighted by Gasteiger charge is 2.28. The van der Waals surface area contributed by atoms with Crippen LogP contribution in [0.1, 0.15) is 58.6 Å². The lowest BCUT2D eigenvalue weighted by molar-refractivity contribution is -0.142. The van der Waals surface area contributed by atoms with Gasteiger partial charge in [-0.3, -0.25) is 9.59 Å². The Labute approximate surface area is 180 Å². The van der Waals surface area contributed by atoms with Crippen LogP contribution in [-0.2, 0) is 16.1 Å². The average Bonchev–Trinajstić information content (AvgIpc) is 2.69. The molecule has 30 heavy (non-hydrogen) atoms. The normalized spacial score (nSPS) is 12.4. The zero-order valence-electron chi connectivity index (χ0n) is 18.9. The smallest absolute Gasteiger partial charge is 0.261 e. The summed E-state index contributed by atoms with van der Waals surface area (Å²) in [7, 11) is 0. The quantitative estimate of drug-likeness (QED) is 0.696. The summed E-state index contributed by atoms with van der Waals surface area (Å²) in [4.78, 5) is 27.3. The number of carbonyl (C=O) groups excluding carboxylic acids is 2. The summed E-state index contributed by atoms with van der Waals surface area (Å²) < 4.78 is 5.73. The van der Waals surface area contributed by atoms with Crippen molar-refractivity contribution in [1.29, 1.82) is 0 Å². The van der Waals surface area contributed by atoms with Crippen LogP contribution < -0.4 is 10.1 Å². The van der Waals surface area contributed by atoms with Crippen LogP contribution in [0.5, 0.6) is 5.75 Å². The molecule has 0 radical (unpaired) electrons. The van der Waals surface area contributed by atoms with Gasteiger partial charge >= 0.3 is 0 Å². The van der Waals surface area contributed by atoms with E-state index >= 15 is 0 Å². The highest BCUT2D eigenvalue weighted by atomic mass is 16.5. The Morgan fingerprint density at radius 3 is 2.10 bits per heavy atom. The summed E-state index contributed by atoms with van der Waals surface area (Å²) in [5, 5.41) is 2.96. The van der Waals surface area contributed by atoms with Gasteiger partial charge in [0.15, 0.2) is 6.61 Å². The number of nitrogens with one attached hydrogen (secondary N) is 1. The Balaban J connectivity index is 2.11. The fourth-order valence-corrected chi connectivity index (χ4v) is 3.01. The number of rotatable bonds is 8. The zero-order chi connectivity index (χ0) is 22.3. The van der Waals surface area contributed by atoms with Crippen molar-refractivity contribution in [1.82, 2.24) is 10.2 Å². The predicted molar refractivity (Wildman–Crippen MR) is 120 cm³/mol. The molecule has 0 aliphatic carbocycles. The third kappa shape index (κ3) is 7.21. The molecular weight excluding hydrogens is 376 g/mol. The van der Waals surface area contributed by atoms with E-state index in [4.69, 9.17) is 4.74 Å². The number of hydrogen-bond acceptors (Lipinski definition) is 3. The maximum Gasteiger partial charge on any atom is 0.261 e. The summed E-state index contributed by atoms with van der Waals surface area (Å²) in [6.07, 6.45) is 0. The molecule has 5 heteroatoms. The van der Waals surface area contributed by atoms with Crippen molar-refractivity contribution >= 4 is 11.8 Å². The van der Waals surface area contributed by atoms with Crippen molar-refractivity contribution in [3.63, 3.8) is 0 Å². The van der Waals surface area contributed by atoms with E-state index in [0.29, 0.717) is 18.2 Å². The Kier molecular flexibility index (Phi) is 8.04. The number of amides is 2. The number of nitrogens with zero attached hydrogens (tertiary/aromatic N) is 1. The Hall–Kier alpha value is -2.82. The summed E-state index contributed by atoms with van der Waals surface area (Å²) in [5.74, 6) is 0.653. The van der Waals surface area contributed by atoms with E-state index in [-0.39, 0.29) is 24.0 Å². The van der Waals surface area contributed by atoms with Gasteiger partial charge < -0.3 is 15.0 Å². The Bertz CT molecular complexity index is 824.